The van der Waals surface area contributed by atoms with Crippen molar-refractivity contribution in [3.05, 3.63) is 0 Å². The summed E-state index contributed by atoms with van der Waals surface area (Å²) in [5.74, 6) is -1.54. The fourth-order valence-electron chi connectivity index (χ4n) is 2.64. The van der Waals surface area contributed by atoms with Crippen molar-refractivity contribution in [1.29, 1.82) is 0 Å². The second-order valence-corrected chi connectivity index (χ2v) is 6.82. The Bertz CT molecular complexity index is 403. The van der Waals surface area contributed by atoms with Gasteiger partial charge in [-0.1, -0.05) is 12.8 Å². The van der Waals surface area contributed by atoms with E-state index in [-0.39, 0.29) is 19.1 Å². The van der Waals surface area contributed by atoms with Gasteiger partial charge in [0.1, 0.15) is 0 Å². The molecular formula is C10H18N2O4S. The fraction of sp³-hybridized carbons (Fsp3) is 0.900. The molecule has 1 saturated carbocycles. The van der Waals surface area contributed by atoms with Gasteiger partial charge in [-0.2, -0.15) is 17.0 Å². The summed E-state index contributed by atoms with van der Waals surface area (Å²) < 4.78 is 26.8. The van der Waals surface area contributed by atoms with Crippen molar-refractivity contribution in [2.45, 2.75) is 31.7 Å². The zero-order valence-electron chi connectivity index (χ0n) is 9.87. The van der Waals surface area contributed by atoms with E-state index in [1.54, 1.807) is 0 Å². The summed E-state index contributed by atoms with van der Waals surface area (Å²) in [6.45, 7) is 0.188. The van der Waals surface area contributed by atoms with Gasteiger partial charge in [0.15, 0.2) is 0 Å². The monoisotopic (exact) mass is 262 g/mol. The number of aliphatic carboxylic acids is 1. The molecule has 6 nitrogen and oxygen atoms in total. The molecule has 1 aliphatic heterocycles. The van der Waals surface area contributed by atoms with Crippen LogP contribution in [0.15, 0.2) is 0 Å². The normalized spacial score (nSPS) is 31.7. The van der Waals surface area contributed by atoms with Crippen LogP contribution in [0, 0.1) is 5.92 Å². The van der Waals surface area contributed by atoms with Gasteiger partial charge in [-0.25, -0.2) is 0 Å². The second kappa shape index (κ2) is 4.55. The smallest absolute Gasteiger partial charge is 0.309 e. The molecule has 2 fully saturated rings. The zero-order valence-corrected chi connectivity index (χ0v) is 10.7. The summed E-state index contributed by atoms with van der Waals surface area (Å²) in [6, 6.07) is -0.00963. The van der Waals surface area contributed by atoms with Gasteiger partial charge in [-0.3, -0.25) is 4.79 Å². The highest BCUT2D eigenvalue weighted by atomic mass is 32.2. The molecule has 0 aromatic rings. The third-order valence-electron chi connectivity index (χ3n) is 3.65. The van der Waals surface area contributed by atoms with E-state index in [1.807, 2.05) is 0 Å². The van der Waals surface area contributed by atoms with Crippen LogP contribution in [0.1, 0.15) is 25.7 Å². The molecule has 7 heteroatoms. The molecule has 1 atom stereocenters. The van der Waals surface area contributed by atoms with E-state index < -0.39 is 22.1 Å². The highest BCUT2D eigenvalue weighted by Gasteiger charge is 2.42. The number of carboxylic acids is 1. The van der Waals surface area contributed by atoms with Crippen molar-refractivity contribution in [3.63, 3.8) is 0 Å². The molecule has 0 aromatic heterocycles. The van der Waals surface area contributed by atoms with Crippen LogP contribution in [0.3, 0.4) is 0 Å². The molecule has 0 amide bonds. The molecule has 98 valence electrons. The Morgan fingerprint density at radius 2 is 1.82 bits per heavy atom. The summed E-state index contributed by atoms with van der Waals surface area (Å²) in [6.07, 6.45) is 3.75. The lowest BCUT2D eigenvalue weighted by molar-refractivity contribution is -0.142. The SMILES string of the molecule is CN1CC(C(=O)O)CN(C2CCCC2)S1(=O)=O. The summed E-state index contributed by atoms with van der Waals surface area (Å²) in [5.41, 5.74) is 0. The molecule has 1 aliphatic carbocycles. The molecule has 2 rings (SSSR count). The lowest BCUT2D eigenvalue weighted by Gasteiger charge is -2.38. The maximum atomic E-state index is 12.1. The molecule has 1 N–H and O–H groups in total. The Hall–Kier alpha value is -0.660. The van der Waals surface area contributed by atoms with Gasteiger partial charge in [-0.05, 0) is 12.8 Å². The highest BCUT2D eigenvalue weighted by Crippen LogP contribution is 2.30. The predicted molar refractivity (Wildman–Crippen MR) is 61.6 cm³/mol. The van der Waals surface area contributed by atoms with Gasteiger partial charge in [0.05, 0.1) is 5.92 Å². The summed E-state index contributed by atoms with van der Waals surface area (Å²) in [5, 5.41) is 9.04. The Morgan fingerprint density at radius 3 is 2.35 bits per heavy atom. The molecular weight excluding hydrogens is 244 g/mol. The number of rotatable bonds is 2. The van der Waals surface area contributed by atoms with Crippen LogP contribution in [0.4, 0.5) is 0 Å². The van der Waals surface area contributed by atoms with Crippen molar-refractivity contribution in [1.82, 2.24) is 8.61 Å². The van der Waals surface area contributed by atoms with E-state index in [0.717, 1.165) is 30.0 Å². The first-order chi connectivity index (χ1) is 7.93. The zero-order chi connectivity index (χ0) is 12.6. The Labute approximate surface area is 101 Å². The van der Waals surface area contributed by atoms with Crippen molar-refractivity contribution in [2.75, 3.05) is 20.1 Å². The largest absolute Gasteiger partial charge is 0.481 e. The Morgan fingerprint density at radius 1 is 1.24 bits per heavy atom. The van der Waals surface area contributed by atoms with Crippen LogP contribution in [-0.2, 0) is 15.0 Å². The van der Waals surface area contributed by atoms with E-state index >= 15 is 0 Å². The van der Waals surface area contributed by atoms with Crippen LogP contribution in [-0.4, -0.2) is 54.3 Å². The number of nitrogens with zero attached hydrogens (tertiary/aromatic N) is 2. The standard InChI is InChI=1S/C10H18N2O4S/c1-11-6-8(10(13)14)7-12(17(11,15)16)9-4-2-3-5-9/h8-9H,2-7H2,1H3,(H,13,14). The lowest BCUT2D eigenvalue weighted by Crippen LogP contribution is -2.56. The second-order valence-electron chi connectivity index (χ2n) is 4.83. The fourth-order valence-corrected chi connectivity index (χ4v) is 4.32. The quantitative estimate of drug-likeness (QED) is 0.767. The van der Waals surface area contributed by atoms with Gasteiger partial charge >= 0.3 is 5.97 Å². The van der Waals surface area contributed by atoms with Gasteiger partial charge in [-0.15, -0.1) is 0 Å². The maximum Gasteiger partial charge on any atom is 0.309 e. The van der Waals surface area contributed by atoms with Crippen LogP contribution in [0.2, 0.25) is 0 Å². The van der Waals surface area contributed by atoms with Gasteiger partial charge in [0, 0.05) is 26.2 Å². The van der Waals surface area contributed by atoms with Crippen LogP contribution < -0.4 is 0 Å². The van der Waals surface area contributed by atoms with Crippen LogP contribution in [0.5, 0.6) is 0 Å². The first-order valence-corrected chi connectivity index (χ1v) is 7.28. The Kier molecular flexibility index (Phi) is 3.42. The average molecular weight is 262 g/mol. The maximum absolute atomic E-state index is 12.1. The van der Waals surface area contributed by atoms with E-state index in [4.69, 9.17) is 5.11 Å². The molecule has 0 radical (unpaired) electrons. The van der Waals surface area contributed by atoms with E-state index in [1.165, 1.54) is 11.4 Å². The van der Waals surface area contributed by atoms with E-state index in [9.17, 15) is 13.2 Å². The van der Waals surface area contributed by atoms with E-state index in [0.29, 0.717) is 0 Å². The molecule has 0 spiro atoms. The van der Waals surface area contributed by atoms with Gasteiger partial charge in [0.25, 0.3) is 10.2 Å². The predicted octanol–water partition coefficient (Wildman–Crippen LogP) is 0.122. The summed E-state index contributed by atoms with van der Waals surface area (Å²) in [7, 11) is -2.00. The molecule has 1 saturated heterocycles. The minimum Gasteiger partial charge on any atom is -0.481 e. The van der Waals surface area contributed by atoms with Gasteiger partial charge in [0.2, 0.25) is 0 Å². The first kappa shape index (κ1) is 12.8. The van der Waals surface area contributed by atoms with E-state index in [2.05, 4.69) is 0 Å². The number of carbonyl (C=O) groups is 1. The molecule has 0 bridgehead atoms. The van der Waals surface area contributed by atoms with Crippen molar-refractivity contribution >= 4 is 16.2 Å². The molecule has 2 aliphatic rings. The minimum absolute atomic E-state index is 0.00963. The van der Waals surface area contributed by atoms with Crippen LogP contribution >= 0.6 is 0 Å². The van der Waals surface area contributed by atoms with Crippen LogP contribution in [0.25, 0.3) is 0 Å². The number of hydrogen-bond donors (Lipinski definition) is 1. The summed E-state index contributed by atoms with van der Waals surface area (Å²) >= 11 is 0. The topological polar surface area (TPSA) is 77.9 Å². The van der Waals surface area contributed by atoms with Crippen molar-refractivity contribution in [3.8, 4) is 0 Å². The van der Waals surface area contributed by atoms with Gasteiger partial charge < -0.3 is 5.11 Å². The minimum atomic E-state index is -3.45. The molecule has 17 heavy (non-hydrogen) atoms. The molecule has 1 heterocycles. The van der Waals surface area contributed by atoms with Crippen molar-refractivity contribution < 1.29 is 18.3 Å². The lowest BCUT2D eigenvalue weighted by atomic mass is 10.1. The Balaban J connectivity index is 2.22. The highest BCUT2D eigenvalue weighted by molar-refractivity contribution is 7.86. The molecule has 1 unspecified atom stereocenters. The third kappa shape index (κ3) is 2.31. The first-order valence-electron chi connectivity index (χ1n) is 5.89. The number of carboxylic acid groups (broad SMARTS) is 1. The third-order valence-corrected chi connectivity index (χ3v) is 5.63. The van der Waals surface area contributed by atoms with Crippen molar-refractivity contribution in [2.24, 2.45) is 5.92 Å². The molecule has 0 aromatic carbocycles. The average Bonchev–Trinajstić information content (AvgIpc) is 2.74. The number of hydrogen-bond acceptors (Lipinski definition) is 3. The summed E-state index contributed by atoms with van der Waals surface area (Å²) in [4.78, 5) is 11.0.